The number of thiazole rings is 3. The number of primary amides is 2. The highest BCUT2D eigenvalue weighted by atomic mass is 32.2. The quantitative estimate of drug-likeness (QED) is 0.0137. The topological polar surface area (TPSA) is 290 Å². The summed E-state index contributed by atoms with van der Waals surface area (Å²) in [6.07, 6.45) is 14.3. The molecule has 2 atom stereocenters. The van der Waals surface area contributed by atoms with E-state index < -0.39 is 36.6 Å². The van der Waals surface area contributed by atoms with Crippen LogP contribution in [-0.2, 0) is 28.5 Å². The van der Waals surface area contributed by atoms with E-state index >= 15 is 0 Å². The predicted molar refractivity (Wildman–Crippen MR) is 330 cm³/mol. The van der Waals surface area contributed by atoms with Gasteiger partial charge < -0.3 is 41.0 Å². The molecule has 0 saturated carbocycles. The van der Waals surface area contributed by atoms with Gasteiger partial charge in [0.15, 0.2) is 13.0 Å². The van der Waals surface area contributed by atoms with Crippen LogP contribution < -0.4 is 27.4 Å². The molecule has 0 saturated heterocycles. The van der Waals surface area contributed by atoms with E-state index in [-0.39, 0.29) is 25.0 Å². The molecule has 2 unspecified atom stereocenters. The summed E-state index contributed by atoms with van der Waals surface area (Å²) in [5.41, 5.74) is 13.3. The van der Waals surface area contributed by atoms with E-state index in [0.29, 0.717) is 43.2 Å². The number of nitrogens with zero attached hydrogens (tertiary/aromatic N) is 4. The smallest absolute Gasteiger partial charge is 0.407 e. The molecule has 3 aromatic heterocycles. The Morgan fingerprint density at radius 3 is 1.16 bits per heavy atom. The van der Waals surface area contributed by atoms with Crippen LogP contribution in [0, 0.1) is 11.3 Å². The first kappa shape index (κ1) is 66.9. The number of amides is 6. The number of imide groups is 1. The highest BCUT2D eigenvalue weighted by Crippen LogP contribution is 2.32. The summed E-state index contributed by atoms with van der Waals surface area (Å²) in [6.45, 7) is 0.775. The van der Waals surface area contributed by atoms with Gasteiger partial charge in [0.1, 0.15) is 25.4 Å². The average Bonchev–Trinajstić information content (AvgIpc) is 4.24. The highest BCUT2D eigenvalue weighted by Gasteiger charge is 2.19. The van der Waals surface area contributed by atoms with Crippen LogP contribution in [0.4, 0.5) is 19.2 Å². The number of rotatable bonds is 38. The van der Waals surface area contributed by atoms with Crippen molar-refractivity contribution in [1.29, 1.82) is 5.26 Å². The van der Waals surface area contributed by atoms with Gasteiger partial charge in [0.2, 0.25) is 11.8 Å². The highest BCUT2D eigenvalue weighted by molar-refractivity contribution is 8.01. The minimum atomic E-state index is -0.926. The fourth-order valence-corrected chi connectivity index (χ4v) is 14.0. The second-order valence-electron chi connectivity index (χ2n) is 18.9. The maximum Gasteiger partial charge on any atom is 0.407 e. The third-order valence-electron chi connectivity index (χ3n) is 12.2. The standard InChI is InChI=1S/C48H69N7O10S4.C9H6N2S2/c49-43(58)64-35(33-66-47-53-37-23-17-19-25-39(37)68-47)31-62-45(60)51-29-21-13-9-5-1-3-7-11-15-27-41(56)55-42(57)28-16-12-8-4-2-6-10-14-22-30-52-46(61)63-32-36(65-44(50)59)34-67-48-54-38-24-18-20-26-40(38)69-48;10-5-6-12-9-11-7-3-1-2-4-8(7)13-9/h17-20,23-26,35-36H,1-16,21-22,27-34H2,(H2,49,58)(H2,50,59)(H,51,60)(H,52,61)(H,55,56,57);1-4H,6H2. The molecular formula is C57H75N9O10S6. The molecule has 19 nitrogen and oxygen atoms in total. The molecule has 6 rings (SSSR count). The van der Waals surface area contributed by atoms with Gasteiger partial charge in [0.25, 0.3) is 0 Å². The van der Waals surface area contributed by atoms with E-state index in [1.165, 1.54) is 40.0 Å². The van der Waals surface area contributed by atoms with E-state index in [0.717, 1.165) is 155 Å². The van der Waals surface area contributed by atoms with Gasteiger partial charge in [-0.2, -0.15) is 5.26 Å². The van der Waals surface area contributed by atoms with Crippen molar-refractivity contribution in [2.75, 3.05) is 43.6 Å². The predicted octanol–water partition coefficient (Wildman–Crippen LogP) is 13.5. The van der Waals surface area contributed by atoms with Crippen LogP contribution >= 0.6 is 69.3 Å². The van der Waals surface area contributed by atoms with Crippen molar-refractivity contribution in [2.24, 2.45) is 11.5 Å². The molecule has 3 aromatic carbocycles. The lowest BCUT2D eigenvalue weighted by atomic mass is 10.1. The Bertz CT molecular complexity index is 2670. The number of aromatic nitrogens is 3. The Labute approximate surface area is 504 Å². The van der Waals surface area contributed by atoms with Crippen molar-refractivity contribution in [1.82, 2.24) is 30.9 Å². The fraction of sp³-hybridized carbons (Fsp3) is 0.509. The molecule has 25 heteroatoms. The monoisotopic (exact) mass is 1240 g/mol. The first-order chi connectivity index (χ1) is 39.9. The minimum absolute atomic E-state index is 0.107. The van der Waals surface area contributed by atoms with Crippen molar-refractivity contribution in [3.63, 3.8) is 0 Å². The second kappa shape index (κ2) is 40.3. The van der Waals surface area contributed by atoms with Gasteiger partial charge in [-0.1, -0.05) is 162 Å². The summed E-state index contributed by atoms with van der Waals surface area (Å²) >= 11 is 9.05. The Balaban J connectivity index is 0.000000823. The Hall–Kier alpha value is -5.91. The Morgan fingerprint density at radius 2 is 0.817 bits per heavy atom. The summed E-state index contributed by atoms with van der Waals surface area (Å²) in [6, 6.07) is 25.7. The van der Waals surface area contributed by atoms with Gasteiger partial charge in [0, 0.05) is 37.4 Å². The number of fused-ring (bicyclic) bond motifs is 3. The van der Waals surface area contributed by atoms with E-state index in [4.69, 9.17) is 35.7 Å². The lowest BCUT2D eigenvalue weighted by Crippen LogP contribution is -2.33. The average molecular weight is 1240 g/mol. The van der Waals surface area contributed by atoms with Crippen molar-refractivity contribution in [3.05, 3.63) is 72.8 Å². The molecule has 3 heterocycles. The summed E-state index contributed by atoms with van der Waals surface area (Å²) in [4.78, 5) is 85.1. The van der Waals surface area contributed by atoms with Crippen LogP contribution in [-0.4, -0.2) is 107 Å². The van der Waals surface area contributed by atoms with Crippen LogP contribution in [0.3, 0.4) is 0 Å². The number of carbonyl (C=O) groups is 6. The van der Waals surface area contributed by atoms with Gasteiger partial charge in [-0.15, -0.1) is 34.0 Å². The molecule has 6 aromatic rings. The SMILES string of the molecule is N#CCSc1nc2ccccc2s1.NC(=O)OC(COC(=O)NCCCCCCCCCCCC(=O)NC(=O)CCCCCCCCCCCNC(=O)OCC(CSc1nc2ccccc2s1)OC(N)=O)CSc1nc2ccccc2s1. The number of hydrogen-bond acceptors (Lipinski definition) is 20. The molecule has 0 radical (unpaired) electrons. The number of nitrogens with two attached hydrogens (primary N) is 2. The van der Waals surface area contributed by atoms with Crippen molar-refractivity contribution in [3.8, 4) is 6.07 Å². The van der Waals surface area contributed by atoms with E-state index in [9.17, 15) is 28.8 Å². The molecular weight excluding hydrogens is 1160 g/mol. The molecule has 0 bridgehead atoms. The summed E-state index contributed by atoms with van der Waals surface area (Å²) in [5, 5.41) is 16.4. The zero-order chi connectivity index (χ0) is 58.4. The largest absolute Gasteiger partial charge is 0.446 e. The second-order valence-corrected chi connectivity index (χ2v) is 25.8. The van der Waals surface area contributed by atoms with E-state index in [2.05, 4.69) is 37.0 Å². The molecule has 7 N–H and O–H groups in total. The zero-order valence-corrected chi connectivity index (χ0v) is 51.0. The van der Waals surface area contributed by atoms with E-state index in [1.54, 1.807) is 34.0 Å². The first-order valence-electron chi connectivity index (χ1n) is 27.8. The molecule has 444 valence electrons. The molecule has 0 spiro atoms. The third-order valence-corrected chi connectivity index (χ3v) is 18.9. The number of nitrogens with one attached hydrogen (secondary N) is 3. The molecule has 0 aliphatic rings. The summed E-state index contributed by atoms with van der Waals surface area (Å²) in [5.74, 6) is 0.780. The van der Waals surface area contributed by atoms with Gasteiger partial charge in [-0.25, -0.2) is 34.1 Å². The minimum Gasteiger partial charge on any atom is -0.446 e. The van der Waals surface area contributed by atoms with Crippen molar-refractivity contribution >= 4 is 136 Å². The number of benzene rings is 3. The van der Waals surface area contributed by atoms with Crippen molar-refractivity contribution in [2.45, 2.75) is 154 Å². The van der Waals surface area contributed by atoms with Gasteiger partial charge in [-0.05, 0) is 62.1 Å². The lowest BCUT2D eigenvalue weighted by Gasteiger charge is -2.16. The number of carbonyl (C=O) groups excluding carboxylic acids is 6. The molecule has 0 aliphatic heterocycles. The number of ether oxygens (including phenoxy) is 4. The summed E-state index contributed by atoms with van der Waals surface area (Å²) < 4.78 is 26.8. The van der Waals surface area contributed by atoms with Crippen LogP contribution in [0.15, 0.2) is 85.8 Å². The Kier molecular flexibility index (Phi) is 32.9. The molecule has 82 heavy (non-hydrogen) atoms. The number of nitriles is 1. The number of alkyl carbamates (subject to hydrolysis) is 2. The Morgan fingerprint density at radius 1 is 0.488 bits per heavy atom. The van der Waals surface area contributed by atoms with Crippen LogP contribution in [0.1, 0.15) is 128 Å². The third kappa shape index (κ3) is 28.9. The van der Waals surface area contributed by atoms with E-state index in [1.807, 2.05) is 72.8 Å². The van der Waals surface area contributed by atoms with Gasteiger partial charge in [0.05, 0.1) is 42.5 Å². The molecule has 0 fully saturated rings. The van der Waals surface area contributed by atoms with Crippen LogP contribution in [0.25, 0.3) is 30.6 Å². The van der Waals surface area contributed by atoms with Gasteiger partial charge >= 0.3 is 24.4 Å². The number of hydrogen-bond donors (Lipinski definition) is 5. The van der Waals surface area contributed by atoms with Crippen molar-refractivity contribution < 1.29 is 47.7 Å². The maximum absolute atomic E-state index is 12.2. The number of unbranched alkanes of at least 4 members (excludes halogenated alkanes) is 16. The van der Waals surface area contributed by atoms with Crippen LogP contribution in [0.2, 0.25) is 0 Å². The number of thioether (sulfide) groups is 3. The van der Waals surface area contributed by atoms with Gasteiger partial charge in [-0.3, -0.25) is 14.9 Å². The fourth-order valence-electron chi connectivity index (χ4n) is 8.12. The summed E-state index contributed by atoms with van der Waals surface area (Å²) in [7, 11) is 0. The molecule has 0 aliphatic carbocycles. The normalized spacial score (nSPS) is 11.7. The lowest BCUT2D eigenvalue weighted by molar-refractivity contribution is -0.130. The number of para-hydroxylation sites is 3. The first-order valence-corrected chi connectivity index (χ1v) is 33.2. The van der Waals surface area contributed by atoms with Crippen LogP contribution in [0.5, 0.6) is 0 Å². The molecule has 6 amide bonds. The zero-order valence-electron chi connectivity index (χ0n) is 46.2. The maximum atomic E-state index is 12.2.